The number of halogens is 2. The summed E-state index contributed by atoms with van der Waals surface area (Å²) >= 11 is 9.23. The first-order chi connectivity index (χ1) is 9.94. The third kappa shape index (κ3) is 3.84. The van der Waals surface area contributed by atoms with Gasteiger partial charge in [0.05, 0.1) is 9.50 Å². The molecular formula is C12H12BrClN4O2S. The molecule has 2 aromatic heterocycles. The maximum Gasteiger partial charge on any atom is 0.264 e. The van der Waals surface area contributed by atoms with Crippen molar-refractivity contribution >= 4 is 49.2 Å². The van der Waals surface area contributed by atoms with Crippen LogP contribution >= 0.6 is 27.5 Å². The lowest BCUT2D eigenvalue weighted by atomic mass is 10.4. The second kappa shape index (κ2) is 6.59. The molecule has 0 saturated carbocycles. The van der Waals surface area contributed by atoms with Gasteiger partial charge in [0, 0.05) is 18.9 Å². The van der Waals surface area contributed by atoms with Crippen LogP contribution in [0.5, 0.6) is 0 Å². The van der Waals surface area contributed by atoms with Gasteiger partial charge in [0.15, 0.2) is 5.82 Å². The monoisotopic (exact) mass is 390 g/mol. The normalized spacial score (nSPS) is 11.2. The minimum Gasteiger partial charge on any atom is -0.369 e. The van der Waals surface area contributed by atoms with Gasteiger partial charge in [-0.05, 0) is 41.1 Å². The van der Waals surface area contributed by atoms with E-state index in [1.54, 1.807) is 12.1 Å². The Balaban J connectivity index is 2.32. The van der Waals surface area contributed by atoms with Crippen LogP contribution < -0.4 is 10.0 Å². The number of hydrogen-bond acceptors (Lipinski definition) is 5. The van der Waals surface area contributed by atoms with Gasteiger partial charge in [0.25, 0.3) is 10.0 Å². The molecule has 2 heterocycles. The number of anilines is 2. The van der Waals surface area contributed by atoms with Gasteiger partial charge in [-0.3, -0.25) is 4.72 Å². The number of hydrogen-bond donors (Lipinski definition) is 2. The van der Waals surface area contributed by atoms with Gasteiger partial charge in [-0.1, -0.05) is 11.6 Å². The average Bonchev–Trinajstić information content (AvgIpc) is 2.43. The van der Waals surface area contributed by atoms with Crippen LogP contribution in [0.4, 0.5) is 11.6 Å². The van der Waals surface area contributed by atoms with E-state index in [1.807, 2.05) is 6.92 Å². The highest BCUT2D eigenvalue weighted by molar-refractivity contribution is 9.10. The molecule has 0 saturated heterocycles. The third-order valence-corrected chi connectivity index (χ3v) is 4.69. The van der Waals surface area contributed by atoms with E-state index in [9.17, 15) is 8.42 Å². The number of sulfonamides is 1. The zero-order valence-corrected chi connectivity index (χ0v) is 14.1. The van der Waals surface area contributed by atoms with Crippen molar-refractivity contribution in [3.63, 3.8) is 0 Å². The van der Waals surface area contributed by atoms with Crippen LogP contribution in [0.15, 0.2) is 40.0 Å². The zero-order valence-electron chi connectivity index (χ0n) is 11.0. The van der Waals surface area contributed by atoms with E-state index < -0.39 is 10.0 Å². The summed E-state index contributed by atoms with van der Waals surface area (Å²) in [5.74, 6) is 0.640. The number of pyridine rings is 2. The highest BCUT2D eigenvalue weighted by Gasteiger charge is 2.18. The molecule has 0 aliphatic heterocycles. The largest absolute Gasteiger partial charge is 0.369 e. The second-order valence-corrected chi connectivity index (χ2v) is 6.92. The molecule has 2 N–H and O–H groups in total. The number of nitrogens with zero attached hydrogens (tertiary/aromatic N) is 2. The smallest absolute Gasteiger partial charge is 0.264 e. The maximum atomic E-state index is 12.3. The molecule has 2 rings (SSSR count). The predicted molar refractivity (Wildman–Crippen MR) is 86.2 cm³/mol. The molecule has 0 spiro atoms. The Morgan fingerprint density at radius 1 is 1.33 bits per heavy atom. The Bertz CT molecular complexity index is 755. The molecule has 112 valence electrons. The van der Waals surface area contributed by atoms with E-state index in [0.29, 0.717) is 16.8 Å². The van der Waals surface area contributed by atoms with Crippen molar-refractivity contribution in [2.45, 2.75) is 11.8 Å². The van der Waals surface area contributed by atoms with Gasteiger partial charge in [0.1, 0.15) is 10.7 Å². The van der Waals surface area contributed by atoms with Gasteiger partial charge in [-0.15, -0.1) is 0 Å². The molecule has 0 aliphatic carbocycles. The second-order valence-electron chi connectivity index (χ2n) is 3.97. The summed E-state index contributed by atoms with van der Waals surface area (Å²) < 4.78 is 27.5. The molecule has 0 aromatic carbocycles. The van der Waals surface area contributed by atoms with Crippen LogP contribution in [0, 0.1) is 0 Å². The van der Waals surface area contributed by atoms with Crippen molar-refractivity contribution < 1.29 is 8.42 Å². The Morgan fingerprint density at radius 3 is 2.71 bits per heavy atom. The summed E-state index contributed by atoms with van der Waals surface area (Å²) in [5, 5.41) is 3.17. The molecule has 0 fully saturated rings. The lowest BCUT2D eigenvalue weighted by Gasteiger charge is -2.10. The Kier molecular flexibility index (Phi) is 5.02. The number of rotatable bonds is 5. The van der Waals surface area contributed by atoms with Gasteiger partial charge < -0.3 is 5.32 Å². The molecule has 9 heteroatoms. The molecule has 0 radical (unpaired) electrons. The fourth-order valence-corrected chi connectivity index (χ4v) is 3.29. The quantitative estimate of drug-likeness (QED) is 0.818. The minimum absolute atomic E-state index is 0.0355. The van der Waals surface area contributed by atoms with Crippen molar-refractivity contribution in [3.05, 3.63) is 40.1 Å². The van der Waals surface area contributed by atoms with E-state index in [0.717, 1.165) is 0 Å². The molecule has 0 amide bonds. The lowest BCUT2D eigenvalue weighted by molar-refractivity contribution is 0.600. The molecule has 21 heavy (non-hydrogen) atoms. The SMILES string of the molecule is CCNc1ncc(S(=O)(=O)Nc2ncccc2Br)cc1Cl. The fraction of sp³-hybridized carbons (Fsp3) is 0.167. The van der Waals surface area contributed by atoms with E-state index in [4.69, 9.17) is 11.6 Å². The van der Waals surface area contributed by atoms with Crippen molar-refractivity contribution in [2.75, 3.05) is 16.6 Å². The van der Waals surface area contributed by atoms with Crippen molar-refractivity contribution in [1.29, 1.82) is 0 Å². The molecule has 6 nitrogen and oxygen atoms in total. The van der Waals surface area contributed by atoms with Crippen LogP contribution in [-0.4, -0.2) is 24.9 Å². The van der Waals surface area contributed by atoms with Crippen LogP contribution in [-0.2, 0) is 10.0 Å². The van der Waals surface area contributed by atoms with Crippen molar-refractivity contribution in [1.82, 2.24) is 9.97 Å². The summed E-state index contributed by atoms with van der Waals surface area (Å²) in [6, 6.07) is 4.71. The number of aromatic nitrogens is 2. The van der Waals surface area contributed by atoms with Crippen molar-refractivity contribution in [3.8, 4) is 0 Å². The summed E-state index contributed by atoms with van der Waals surface area (Å²) in [6.07, 6.45) is 2.73. The maximum absolute atomic E-state index is 12.3. The summed E-state index contributed by atoms with van der Waals surface area (Å²) in [7, 11) is -3.81. The zero-order chi connectivity index (χ0) is 15.5. The van der Waals surface area contributed by atoms with Gasteiger partial charge in [0.2, 0.25) is 0 Å². The molecule has 0 bridgehead atoms. The first-order valence-corrected chi connectivity index (χ1v) is 8.62. The lowest BCUT2D eigenvalue weighted by Crippen LogP contribution is -2.15. The minimum atomic E-state index is -3.81. The molecule has 2 aromatic rings. The highest BCUT2D eigenvalue weighted by Crippen LogP contribution is 2.25. The van der Waals surface area contributed by atoms with Crippen LogP contribution in [0.3, 0.4) is 0 Å². The van der Waals surface area contributed by atoms with Gasteiger partial charge in [-0.2, -0.15) is 0 Å². The number of nitrogens with one attached hydrogen (secondary N) is 2. The Morgan fingerprint density at radius 2 is 2.10 bits per heavy atom. The molecule has 0 atom stereocenters. The van der Waals surface area contributed by atoms with E-state index in [-0.39, 0.29) is 15.7 Å². The van der Waals surface area contributed by atoms with E-state index >= 15 is 0 Å². The highest BCUT2D eigenvalue weighted by atomic mass is 79.9. The summed E-state index contributed by atoms with van der Waals surface area (Å²) in [4.78, 5) is 7.92. The van der Waals surface area contributed by atoms with Gasteiger partial charge in [-0.25, -0.2) is 18.4 Å². The Labute approximate surface area is 136 Å². The topological polar surface area (TPSA) is 84.0 Å². The van der Waals surface area contributed by atoms with Crippen molar-refractivity contribution in [2.24, 2.45) is 0 Å². The Hall–Kier alpha value is -1.38. The van der Waals surface area contributed by atoms with Crippen LogP contribution in [0.2, 0.25) is 5.02 Å². The molecule has 0 unspecified atom stereocenters. The predicted octanol–water partition coefficient (Wildman–Crippen LogP) is 3.13. The summed E-state index contributed by atoms with van der Waals surface area (Å²) in [5.41, 5.74) is 0. The van der Waals surface area contributed by atoms with E-state index in [2.05, 4.69) is 35.9 Å². The fourth-order valence-electron chi connectivity index (χ4n) is 1.51. The summed E-state index contributed by atoms with van der Waals surface area (Å²) in [6.45, 7) is 2.53. The first-order valence-electron chi connectivity index (χ1n) is 5.97. The van der Waals surface area contributed by atoms with Gasteiger partial charge >= 0.3 is 0 Å². The first kappa shape index (κ1) is 16.0. The molecular weight excluding hydrogens is 380 g/mol. The average molecular weight is 392 g/mol. The van der Waals surface area contributed by atoms with E-state index in [1.165, 1.54) is 18.5 Å². The molecule has 0 aliphatic rings. The van der Waals surface area contributed by atoms with Crippen LogP contribution in [0.25, 0.3) is 0 Å². The third-order valence-electron chi connectivity index (χ3n) is 2.46. The van der Waals surface area contributed by atoms with Crippen LogP contribution in [0.1, 0.15) is 6.92 Å². The standard InChI is InChI=1S/C12H12BrClN4O2S/c1-2-15-12-10(14)6-8(7-17-12)21(19,20)18-11-9(13)4-3-5-16-11/h3-7H,2H2,1H3,(H,15,17)(H,16,18).